The molecule has 1 saturated heterocycles. The molecule has 1 amide bonds. The summed E-state index contributed by atoms with van der Waals surface area (Å²) in [5.74, 6) is 0.551. The molecule has 1 aliphatic rings. The third kappa shape index (κ3) is 4.76. The van der Waals surface area contributed by atoms with E-state index in [4.69, 9.17) is 9.47 Å². The lowest BCUT2D eigenvalue weighted by atomic mass is 10.1. The first-order valence-corrected chi connectivity index (χ1v) is 8.08. The van der Waals surface area contributed by atoms with Crippen LogP contribution in [0.1, 0.15) is 19.3 Å². The van der Waals surface area contributed by atoms with Gasteiger partial charge in [0.2, 0.25) is 11.8 Å². The van der Waals surface area contributed by atoms with Crippen molar-refractivity contribution in [2.45, 2.75) is 38.0 Å². The Morgan fingerprint density at radius 1 is 1.46 bits per heavy atom. The molecule has 2 aromatic rings. The lowest BCUT2D eigenvalue weighted by molar-refractivity contribution is -0.124. The van der Waals surface area contributed by atoms with Gasteiger partial charge in [0.1, 0.15) is 18.8 Å². The maximum absolute atomic E-state index is 12.2. The van der Waals surface area contributed by atoms with E-state index in [1.54, 1.807) is 23.3 Å². The third-order valence-electron chi connectivity index (χ3n) is 3.82. The van der Waals surface area contributed by atoms with E-state index in [2.05, 4.69) is 20.4 Å². The molecule has 0 saturated carbocycles. The van der Waals surface area contributed by atoms with Crippen molar-refractivity contribution in [3.63, 3.8) is 0 Å². The first-order valence-electron chi connectivity index (χ1n) is 8.08. The second kappa shape index (κ2) is 8.39. The molecule has 1 fully saturated rings. The number of carbonyl (C=O) groups excluding carboxylic acids is 1. The van der Waals surface area contributed by atoms with Crippen LogP contribution in [-0.2, 0) is 16.1 Å². The molecular weight excluding hydrogens is 310 g/mol. The fourth-order valence-electron chi connectivity index (χ4n) is 2.59. The zero-order valence-electron chi connectivity index (χ0n) is 13.4. The Bertz CT molecular complexity index is 620. The summed E-state index contributed by atoms with van der Waals surface area (Å²) in [6.07, 6.45) is 6.46. The first-order chi connectivity index (χ1) is 11.8. The molecule has 0 aliphatic carbocycles. The Morgan fingerprint density at radius 3 is 3.21 bits per heavy atom. The topological polar surface area (TPSA) is 91.2 Å². The average Bonchev–Trinajstić information content (AvgIpc) is 3.11. The van der Waals surface area contributed by atoms with Gasteiger partial charge in [-0.15, -0.1) is 0 Å². The maximum Gasteiger partial charge on any atom is 0.220 e. The molecule has 2 aromatic heterocycles. The lowest BCUT2D eigenvalue weighted by Crippen LogP contribution is -2.51. The molecule has 1 aliphatic heterocycles. The molecule has 128 valence electrons. The van der Waals surface area contributed by atoms with Crippen LogP contribution in [0.3, 0.4) is 0 Å². The van der Waals surface area contributed by atoms with Gasteiger partial charge in [0, 0.05) is 31.8 Å². The van der Waals surface area contributed by atoms with Gasteiger partial charge in [-0.1, -0.05) is 6.07 Å². The lowest BCUT2D eigenvalue weighted by Gasteiger charge is -2.32. The van der Waals surface area contributed by atoms with Crippen LogP contribution in [-0.4, -0.2) is 51.0 Å². The van der Waals surface area contributed by atoms with Crippen molar-refractivity contribution >= 4 is 5.91 Å². The molecule has 8 nitrogen and oxygen atoms in total. The molecule has 0 bridgehead atoms. The highest BCUT2D eigenvalue weighted by molar-refractivity contribution is 5.76. The summed E-state index contributed by atoms with van der Waals surface area (Å²) in [5.41, 5.74) is 0. The summed E-state index contributed by atoms with van der Waals surface area (Å²) in [6.45, 7) is 1.74. The summed E-state index contributed by atoms with van der Waals surface area (Å²) < 4.78 is 13.0. The molecule has 0 spiro atoms. The zero-order valence-corrected chi connectivity index (χ0v) is 13.4. The van der Waals surface area contributed by atoms with E-state index in [9.17, 15) is 4.79 Å². The number of aryl methyl sites for hydroxylation is 1. The number of carbonyl (C=O) groups is 1. The van der Waals surface area contributed by atoms with Crippen LogP contribution in [0.4, 0.5) is 0 Å². The number of nitrogens with one attached hydrogen (secondary N) is 1. The number of pyridine rings is 1. The van der Waals surface area contributed by atoms with Crippen LogP contribution in [0, 0.1) is 0 Å². The molecule has 2 atom stereocenters. The first kappa shape index (κ1) is 16.4. The van der Waals surface area contributed by atoms with Gasteiger partial charge in [-0.3, -0.25) is 9.48 Å². The molecule has 0 radical (unpaired) electrons. The zero-order chi connectivity index (χ0) is 16.6. The van der Waals surface area contributed by atoms with E-state index in [1.807, 2.05) is 12.1 Å². The Hall–Kier alpha value is -2.48. The second-order valence-corrected chi connectivity index (χ2v) is 5.62. The Labute approximate surface area is 140 Å². The van der Waals surface area contributed by atoms with E-state index in [0.717, 1.165) is 6.42 Å². The molecule has 3 heterocycles. The predicted octanol–water partition coefficient (Wildman–Crippen LogP) is 0.806. The highest BCUT2D eigenvalue weighted by atomic mass is 16.5. The van der Waals surface area contributed by atoms with Crippen LogP contribution in [0.5, 0.6) is 5.88 Å². The largest absolute Gasteiger partial charge is 0.470 e. The van der Waals surface area contributed by atoms with Gasteiger partial charge in [-0.05, 0) is 18.9 Å². The number of hydrogen-bond donors (Lipinski definition) is 1. The van der Waals surface area contributed by atoms with Crippen molar-refractivity contribution < 1.29 is 14.3 Å². The van der Waals surface area contributed by atoms with E-state index < -0.39 is 0 Å². The van der Waals surface area contributed by atoms with Crippen LogP contribution in [0.2, 0.25) is 0 Å². The van der Waals surface area contributed by atoms with Crippen LogP contribution in [0.15, 0.2) is 37.1 Å². The minimum absolute atomic E-state index is 0.0108. The average molecular weight is 331 g/mol. The number of nitrogens with zero attached hydrogens (tertiary/aromatic N) is 4. The van der Waals surface area contributed by atoms with E-state index in [0.29, 0.717) is 38.5 Å². The summed E-state index contributed by atoms with van der Waals surface area (Å²) in [4.78, 5) is 20.2. The quantitative estimate of drug-likeness (QED) is 0.807. The van der Waals surface area contributed by atoms with Gasteiger partial charge >= 0.3 is 0 Å². The molecule has 24 heavy (non-hydrogen) atoms. The van der Waals surface area contributed by atoms with E-state index in [1.165, 1.54) is 6.33 Å². The number of rotatable bonds is 7. The number of aromatic nitrogens is 4. The van der Waals surface area contributed by atoms with Gasteiger partial charge in [0.15, 0.2) is 0 Å². The van der Waals surface area contributed by atoms with Crippen molar-refractivity contribution in [3.05, 3.63) is 37.1 Å². The van der Waals surface area contributed by atoms with Gasteiger partial charge < -0.3 is 14.8 Å². The highest BCUT2D eigenvalue weighted by Gasteiger charge is 2.29. The summed E-state index contributed by atoms with van der Waals surface area (Å²) in [7, 11) is 0. The van der Waals surface area contributed by atoms with Crippen LogP contribution < -0.4 is 10.1 Å². The molecule has 1 N–H and O–H groups in total. The minimum Gasteiger partial charge on any atom is -0.470 e. The van der Waals surface area contributed by atoms with Gasteiger partial charge in [-0.2, -0.15) is 5.10 Å². The van der Waals surface area contributed by atoms with Gasteiger partial charge in [0.25, 0.3) is 0 Å². The summed E-state index contributed by atoms with van der Waals surface area (Å²) in [6, 6.07) is 5.42. The molecule has 0 aromatic carbocycles. The third-order valence-corrected chi connectivity index (χ3v) is 3.82. The number of hydrogen-bond acceptors (Lipinski definition) is 6. The second-order valence-electron chi connectivity index (χ2n) is 5.62. The normalized spacial score (nSPS) is 20.5. The molecule has 3 rings (SSSR count). The Balaban J connectivity index is 1.47. The molecule has 8 heteroatoms. The van der Waals surface area contributed by atoms with Crippen LogP contribution in [0.25, 0.3) is 0 Å². The number of amides is 1. The smallest absolute Gasteiger partial charge is 0.220 e. The van der Waals surface area contributed by atoms with E-state index >= 15 is 0 Å². The Morgan fingerprint density at radius 2 is 2.42 bits per heavy atom. The monoisotopic (exact) mass is 331 g/mol. The Kier molecular flexibility index (Phi) is 5.73. The maximum atomic E-state index is 12.2. The predicted molar refractivity (Wildman–Crippen MR) is 85.3 cm³/mol. The summed E-state index contributed by atoms with van der Waals surface area (Å²) >= 11 is 0. The van der Waals surface area contributed by atoms with Crippen molar-refractivity contribution in [3.8, 4) is 5.88 Å². The SMILES string of the molecule is O=C(CCCn1cncn1)N[C@@H]1CCOC[C@H]1Oc1ccccn1. The fraction of sp³-hybridized carbons (Fsp3) is 0.500. The molecule has 0 unspecified atom stereocenters. The van der Waals surface area contributed by atoms with E-state index in [-0.39, 0.29) is 18.1 Å². The van der Waals surface area contributed by atoms with Gasteiger partial charge in [-0.25, -0.2) is 9.97 Å². The summed E-state index contributed by atoms with van der Waals surface area (Å²) in [5, 5.41) is 7.07. The standard InChI is InChI=1S/C16H21N5O3/c22-15(4-3-8-21-12-17-11-19-21)20-13-6-9-23-10-14(13)24-16-5-1-2-7-18-16/h1-2,5,7,11-14H,3-4,6,8-10H2,(H,20,22)/t13-,14-/m1/s1. The van der Waals surface area contributed by atoms with Crippen LogP contribution >= 0.6 is 0 Å². The minimum atomic E-state index is -0.229. The van der Waals surface area contributed by atoms with Crippen molar-refractivity contribution in [1.29, 1.82) is 0 Å². The van der Waals surface area contributed by atoms with Crippen molar-refractivity contribution in [1.82, 2.24) is 25.1 Å². The van der Waals surface area contributed by atoms with Gasteiger partial charge in [0.05, 0.1) is 12.6 Å². The fourth-order valence-corrected chi connectivity index (χ4v) is 2.59. The highest BCUT2D eigenvalue weighted by Crippen LogP contribution is 2.15. The van der Waals surface area contributed by atoms with Crippen molar-refractivity contribution in [2.75, 3.05) is 13.2 Å². The van der Waals surface area contributed by atoms with Crippen molar-refractivity contribution in [2.24, 2.45) is 0 Å². The molecular formula is C16H21N5O3. The number of ether oxygens (including phenoxy) is 2.